The molecule has 0 spiro atoms. The first-order valence-electron chi connectivity index (χ1n) is 8.71. The van der Waals surface area contributed by atoms with Crippen LogP contribution in [-0.4, -0.2) is 17.1 Å². The lowest BCUT2D eigenvalue weighted by molar-refractivity contribution is 0.0526. The van der Waals surface area contributed by atoms with Gasteiger partial charge >= 0.3 is 5.97 Å². The quantitative estimate of drug-likeness (QED) is 0.591. The lowest BCUT2D eigenvalue weighted by Crippen LogP contribution is -2.04. The Hall–Kier alpha value is -3.36. The molecule has 0 aliphatic rings. The number of carbonyl (C=O) groups is 1. The average molecular weight is 360 g/mol. The van der Waals surface area contributed by atoms with Crippen LogP contribution < -0.4 is 0 Å². The average Bonchev–Trinajstić information content (AvgIpc) is 3.12. The van der Waals surface area contributed by atoms with E-state index in [1.807, 2.05) is 53.2 Å². The standard InChI is InChI=1S/C22H20N2O3/c1-2-27-22(25)18-8-10-21(11-9-18)24-13-19(12-23)20(14-24)16-26-15-17-6-4-3-5-7-17/h3-11,13-14H,2,15-16H2,1H3. The number of nitrogens with zero attached hydrogens (tertiary/aromatic N) is 2. The predicted octanol–water partition coefficient (Wildman–Crippen LogP) is 4.24. The molecule has 0 saturated carbocycles. The van der Waals surface area contributed by atoms with E-state index >= 15 is 0 Å². The van der Waals surface area contributed by atoms with Gasteiger partial charge in [0.2, 0.25) is 0 Å². The van der Waals surface area contributed by atoms with E-state index < -0.39 is 0 Å². The third-order valence-corrected chi connectivity index (χ3v) is 4.08. The first-order chi connectivity index (χ1) is 13.2. The van der Waals surface area contributed by atoms with Crippen LogP contribution in [0, 0.1) is 11.3 Å². The van der Waals surface area contributed by atoms with Gasteiger partial charge in [-0.05, 0) is 36.8 Å². The van der Waals surface area contributed by atoms with E-state index in [9.17, 15) is 10.1 Å². The number of esters is 1. The summed E-state index contributed by atoms with van der Waals surface area (Å²) in [6, 6.07) is 19.2. The Kier molecular flexibility index (Phi) is 6.03. The SMILES string of the molecule is CCOC(=O)c1ccc(-n2cc(C#N)c(COCc3ccccc3)c2)cc1. The van der Waals surface area contributed by atoms with Crippen molar-refractivity contribution < 1.29 is 14.3 Å². The van der Waals surface area contributed by atoms with E-state index in [4.69, 9.17) is 9.47 Å². The van der Waals surface area contributed by atoms with Gasteiger partial charge in [0, 0.05) is 23.6 Å². The molecule has 0 unspecified atom stereocenters. The highest BCUT2D eigenvalue weighted by Gasteiger charge is 2.10. The van der Waals surface area contributed by atoms with Crippen molar-refractivity contribution >= 4 is 5.97 Å². The Morgan fingerprint density at radius 3 is 2.44 bits per heavy atom. The molecule has 5 heteroatoms. The van der Waals surface area contributed by atoms with Gasteiger partial charge < -0.3 is 14.0 Å². The molecule has 2 aromatic carbocycles. The molecular formula is C22H20N2O3. The number of hydrogen-bond donors (Lipinski definition) is 0. The molecule has 0 bridgehead atoms. The Labute approximate surface area is 158 Å². The van der Waals surface area contributed by atoms with Crippen LogP contribution in [0.4, 0.5) is 0 Å². The molecule has 3 rings (SSSR count). The number of carbonyl (C=O) groups excluding carboxylic acids is 1. The molecule has 3 aromatic rings. The summed E-state index contributed by atoms with van der Waals surface area (Å²) in [6.45, 7) is 2.96. The zero-order chi connectivity index (χ0) is 19.1. The first kappa shape index (κ1) is 18.4. The summed E-state index contributed by atoms with van der Waals surface area (Å²) in [5, 5.41) is 9.39. The van der Waals surface area contributed by atoms with Gasteiger partial charge in [-0.1, -0.05) is 30.3 Å². The fraction of sp³-hybridized carbons (Fsp3) is 0.182. The van der Waals surface area contributed by atoms with E-state index in [1.165, 1.54) is 0 Å². The molecule has 136 valence electrons. The lowest BCUT2D eigenvalue weighted by Gasteiger charge is -2.05. The molecule has 0 aliphatic carbocycles. The Morgan fingerprint density at radius 2 is 1.78 bits per heavy atom. The Morgan fingerprint density at radius 1 is 1.04 bits per heavy atom. The molecule has 5 nitrogen and oxygen atoms in total. The highest BCUT2D eigenvalue weighted by Crippen LogP contribution is 2.18. The molecule has 0 radical (unpaired) electrons. The van der Waals surface area contributed by atoms with Gasteiger partial charge in [0.15, 0.2) is 0 Å². The largest absolute Gasteiger partial charge is 0.462 e. The highest BCUT2D eigenvalue weighted by molar-refractivity contribution is 5.89. The fourth-order valence-electron chi connectivity index (χ4n) is 2.70. The summed E-state index contributed by atoms with van der Waals surface area (Å²) in [5.74, 6) is -0.343. The number of benzene rings is 2. The van der Waals surface area contributed by atoms with E-state index in [2.05, 4.69) is 6.07 Å². The fourth-order valence-corrected chi connectivity index (χ4v) is 2.70. The van der Waals surface area contributed by atoms with E-state index in [1.54, 1.807) is 25.3 Å². The zero-order valence-electron chi connectivity index (χ0n) is 15.1. The van der Waals surface area contributed by atoms with Gasteiger partial charge in [0.25, 0.3) is 0 Å². The maximum atomic E-state index is 11.7. The van der Waals surface area contributed by atoms with Crippen LogP contribution in [0.2, 0.25) is 0 Å². The van der Waals surface area contributed by atoms with Crippen LogP contribution >= 0.6 is 0 Å². The lowest BCUT2D eigenvalue weighted by atomic mass is 10.2. The molecule has 0 atom stereocenters. The molecule has 0 N–H and O–H groups in total. The van der Waals surface area contributed by atoms with E-state index in [0.717, 1.165) is 16.8 Å². The smallest absolute Gasteiger partial charge is 0.338 e. The summed E-state index contributed by atoms with van der Waals surface area (Å²) in [4.78, 5) is 11.7. The van der Waals surface area contributed by atoms with Crippen LogP contribution in [0.25, 0.3) is 5.69 Å². The van der Waals surface area contributed by atoms with Crippen molar-refractivity contribution in [3.8, 4) is 11.8 Å². The van der Waals surface area contributed by atoms with Gasteiger partial charge in [-0.3, -0.25) is 0 Å². The second kappa shape index (κ2) is 8.84. The monoisotopic (exact) mass is 360 g/mol. The third kappa shape index (κ3) is 4.63. The minimum absolute atomic E-state index is 0.343. The molecular weight excluding hydrogens is 340 g/mol. The Balaban J connectivity index is 1.70. The normalized spacial score (nSPS) is 10.4. The minimum Gasteiger partial charge on any atom is -0.462 e. The number of ether oxygens (including phenoxy) is 2. The topological polar surface area (TPSA) is 64.2 Å². The van der Waals surface area contributed by atoms with Crippen LogP contribution in [0.5, 0.6) is 0 Å². The molecule has 1 aromatic heterocycles. The van der Waals surface area contributed by atoms with E-state index in [-0.39, 0.29) is 5.97 Å². The molecule has 0 saturated heterocycles. The Bertz CT molecular complexity index is 938. The van der Waals surface area contributed by atoms with Crippen molar-refractivity contribution in [3.05, 3.63) is 89.2 Å². The molecule has 0 aliphatic heterocycles. The second-order valence-electron chi connectivity index (χ2n) is 5.96. The maximum absolute atomic E-state index is 11.7. The van der Waals surface area contributed by atoms with Crippen molar-refractivity contribution in [3.63, 3.8) is 0 Å². The van der Waals surface area contributed by atoms with Crippen molar-refractivity contribution in [2.75, 3.05) is 6.61 Å². The van der Waals surface area contributed by atoms with E-state index in [0.29, 0.717) is 30.9 Å². The van der Waals surface area contributed by atoms with Crippen molar-refractivity contribution in [1.29, 1.82) is 5.26 Å². The van der Waals surface area contributed by atoms with Crippen LogP contribution in [0.3, 0.4) is 0 Å². The minimum atomic E-state index is -0.343. The molecule has 1 heterocycles. The van der Waals surface area contributed by atoms with Crippen molar-refractivity contribution in [2.24, 2.45) is 0 Å². The zero-order valence-corrected chi connectivity index (χ0v) is 15.1. The van der Waals surface area contributed by atoms with Gasteiger partial charge in [0.1, 0.15) is 6.07 Å². The summed E-state index contributed by atoms with van der Waals surface area (Å²) in [6.07, 6.45) is 3.64. The maximum Gasteiger partial charge on any atom is 0.338 e. The summed E-state index contributed by atoms with van der Waals surface area (Å²) in [5.41, 5.74) is 3.83. The first-order valence-corrected chi connectivity index (χ1v) is 8.71. The molecule has 0 amide bonds. The van der Waals surface area contributed by atoms with Crippen LogP contribution in [0.1, 0.15) is 34.0 Å². The van der Waals surface area contributed by atoms with Crippen molar-refractivity contribution in [2.45, 2.75) is 20.1 Å². The number of rotatable bonds is 7. The van der Waals surface area contributed by atoms with Gasteiger partial charge in [-0.25, -0.2) is 4.79 Å². The van der Waals surface area contributed by atoms with Crippen molar-refractivity contribution in [1.82, 2.24) is 4.57 Å². The second-order valence-corrected chi connectivity index (χ2v) is 5.96. The van der Waals surface area contributed by atoms with Crippen LogP contribution in [0.15, 0.2) is 67.0 Å². The number of nitriles is 1. The van der Waals surface area contributed by atoms with Gasteiger partial charge in [-0.15, -0.1) is 0 Å². The highest BCUT2D eigenvalue weighted by atomic mass is 16.5. The number of aromatic nitrogens is 1. The molecule has 0 fully saturated rings. The summed E-state index contributed by atoms with van der Waals surface area (Å²) in [7, 11) is 0. The van der Waals surface area contributed by atoms with Gasteiger partial charge in [-0.2, -0.15) is 5.26 Å². The third-order valence-electron chi connectivity index (χ3n) is 4.08. The van der Waals surface area contributed by atoms with Gasteiger partial charge in [0.05, 0.1) is 30.9 Å². The predicted molar refractivity (Wildman–Crippen MR) is 101 cm³/mol. The molecule has 27 heavy (non-hydrogen) atoms. The number of hydrogen-bond acceptors (Lipinski definition) is 4. The van der Waals surface area contributed by atoms with Crippen LogP contribution in [-0.2, 0) is 22.7 Å². The summed E-state index contributed by atoms with van der Waals surface area (Å²) >= 11 is 0. The summed E-state index contributed by atoms with van der Waals surface area (Å²) < 4.78 is 12.6.